The smallest absolute Gasteiger partial charge is 0.0500 e. The maximum absolute atomic E-state index is 9.26. The summed E-state index contributed by atoms with van der Waals surface area (Å²) in [6, 6.07) is 5.38. The molecule has 2 nitrogen and oxygen atoms in total. The van der Waals surface area contributed by atoms with E-state index < -0.39 is 0 Å². The third-order valence-corrected chi connectivity index (χ3v) is 3.25. The lowest BCUT2D eigenvalue weighted by atomic mass is 9.84. The van der Waals surface area contributed by atoms with Crippen LogP contribution >= 0.6 is 23.2 Å². The minimum Gasteiger partial charge on any atom is -0.396 e. The minimum absolute atomic E-state index is 0.0189. The van der Waals surface area contributed by atoms with Crippen LogP contribution in [0, 0.1) is 5.41 Å². The van der Waals surface area contributed by atoms with Gasteiger partial charge in [-0.15, -0.1) is 0 Å². The summed E-state index contributed by atoms with van der Waals surface area (Å²) in [5, 5.41) is 10.5. The van der Waals surface area contributed by atoms with E-state index in [-0.39, 0.29) is 12.0 Å². The van der Waals surface area contributed by atoms with Crippen molar-refractivity contribution in [2.24, 2.45) is 11.1 Å². The lowest BCUT2D eigenvalue weighted by Gasteiger charge is -2.26. The van der Waals surface area contributed by atoms with Gasteiger partial charge in [-0.05, 0) is 24.1 Å². The first-order valence-corrected chi connectivity index (χ1v) is 5.52. The lowest BCUT2D eigenvalue weighted by Crippen LogP contribution is -2.33. The monoisotopic (exact) mass is 247 g/mol. The van der Waals surface area contributed by atoms with Crippen molar-refractivity contribution in [1.82, 2.24) is 0 Å². The summed E-state index contributed by atoms with van der Waals surface area (Å²) >= 11 is 12.1. The van der Waals surface area contributed by atoms with Crippen molar-refractivity contribution in [3.8, 4) is 0 Å². The molecule has 0 saturated heterocycles. The highest BCUT2D eigenvalue weighted by Gasteiger charge is 2.24. The molecule has 1 aromatic carbocycles. The zero-order valence-electron chi connectivity index (χ0n) is 8.63. The molecule has 1 atom stereocenters. The zero-order chi connectivity index (χ0) is 11.5. The topological polar surface area (TPSA) is 46.2 Å². The molecule has 1 rings (SSSR count). The predicted molar refractivity (Wildman–Crippen MR) is 64.4 cm³/mol. The maximum atomic E-state index is 9.26. The Kier molecular flexibility index (Phi) is 4.41. The number of benzene rings is 1. The molecular formula is C11H15Cl2NO. The largest absolute Gasteiger partial charge is 0.396 e. The SMILES string of the molecule is CC(CN)(CO)Cc1c(Cl)cccc1Cl. The van der Waals surface area contributed by atoms with Crippen molar-refractivity contribution < 1.29 is 5.11 Å². The van der Waals surface area contributed by atoms with Crippen molar-refractivity contribution >= 4 is 23.2 Å². The summed E-state index contributed by atoms with van der Waals surface area (Å²) in [6.07, 6.45) is 0.582. The van der Waals surface area contributed by atoms with E-state index in [2.05, 4.69) is 0 Å². The standard InChI is InChI=1S/C11H15Cl2NO/c1-11(6-14,7-15)5-8-9(12)3-2-4-10(8)13/h2-4,15H,5-7,14H2,1H3. The first-order valence-electron chi connectivity index (χ1n) is 4.76. The second kappa shape index (κ2) is 5.17. The van der Waals surface area contributed by atoms with Gasteiger partial charge in [-0.25, -0.2) is 0 Å². The highest BCUT2D eigenvalue weighted by Crippen LogP contribution is 2.30. The predicted octanol–water partition coefficient (Wildman–Crippen LogP) is 2.49. The molecule has 0 aliphatic carbocycles. The molecule has 15 heavy (non-hydrogen) atoms. The van der Waals surface area contributed by atoms with E-state index in [9.17, 15) is 5.11 Å². The molecule has 0 bridgehead atoms. The number of hydrogen-bond donors (Lipinski definition) is 2. The Morgan fingerprint density at radius 1 is 1.33 bits per heavy atom. The van der Waals surface area contributed by atoms with Gasteiger partial charge in [-0.2, -0.15) is 0 Å². The molecule has 1 unspecified atom stereocenters. The summed E-state index contributed by atoms with van der Waals surface area (Å²) < 4.78 is 0. The third-order valence-electron chi connectivity index (χ3n) is 2.54. The van der Waals surface area contributed by atoms with Gasteiger partial charge in [0.2, 0.25) is 0 Å². The van der Waals surface area contributed by atoms with Gasteiger partial charge < -0.3 is 10.8 Å². The van der Waals surface area contributed by atoms with Gasteiger partial charge in [0.15, 0.2) is 0 Å². The van der Waals surface area contributed by atoms with Crippen molar-refractivity contribution in [1.29, 1.82) is 0 Å². The normalized spacial score (nSPS) is 15.0. The number of rotatable bonds is 4. The van der Waals surface area contributed by atoms with E-state index in [1.807, 2.05) is 6.92 Å². The van der Waals surface area contributed by atoms with Crippen LogP contribution in [0.15, 0.2) is 18.2 Å². The molecule has 0 fully saturated rings. The van der Waals surface area contributed by atoms with E-state index in [0.717, 1.165) is 5.56 Å². The average molecular weight is 248 g/mol. The molecule has 0 aliphatic rings. The number of halogens is 2. The fourth-order valence-corrected chi connectivity index (χ4v) is 1.85. The zero-order valence-corrected chi connectivity index (χ0v) is 10.1. The molecule has 3 N–H and O–H groups in total. The average Bonchev–Trinajstić information content (AvgIpc) is 2.23. The molecule has 0 heterocycles. The van der Waals surface area contributed by atoms with Crippen LogP contribution in [0.25, 0.3) is 0 Å². The van der Waals surface area contributed by atoms with Crippen molar-refractivity contribution in [2.75, 3.05) is 13.2 Å². The molecule has 0 amide bonds. The Bertz CT molecular complexity index is 317. The first-order chi connectivity index (χ1) is 7.02. The number of hydrogen-bond acceptors (Lipinski definition) is 2. The molecule has 0 aliphatic heterocycles. The van der Waals surface area contributed by atoms with Crippen LogP contribution in [-0.4, -0.2) is 18.3 Å². The van der Waals surface area contributed by atoms with E-state index in [0.29, 0.717) is 23.0 Å². The maximum Gasteiger partial charge on any atom is 0.0500 e. The van der Waals surface area contributed by atoms with Gasteiger partial charge in [0.05, 0.1) is 0 Å². The first kappa shape index (κ1) is 12.8. The lowest BCUT2D eigenvalue weighted by molar-refractivity contribution is 0.149. The second-order valence-corrected chi connectivity index (χ2v) is 4.86. The second-order valence-electron chi connectivity index (χ2n) is 4.05. The van der Waals surface area contributed by atoms with Gasteiger partial charge in [-0.3, -0.25) is 0 Å². The molecular weight excluding hydrogens is 233 g/mol. The Hall–Kier alpha value is -0.280. The van der Waals surface area contributed by atoms with E-state index >= 15 is 0 Å². The van der Waals surface area contributed by atoms with Gasteiger partial charge in [-0.1, -0.05) is 36.2 Å². The van der Waals surface area contributed by atoms with Gasteiger partial charge >= 0.3 is 0 Å². The molecule has 0 aromatic heterocycles. The summed E-state index contributed by atoms with van der Waals surface area (Å²) in [5.41, 5.74) is 6.10. The van der Waals surface area contributed by atoms with E-state index in [1.165, 1.54) is 0 Å². The van der Waals surface area contributed by atoms with Gasteiger partial charge in [0, 0.05) is 28.6 Å². The molecule has 0 radical (unpaired) electrons. The van der Waals surface area contributed by atoms with Crippen LogP contribution < -0.4 is 5.73 Å². The molecule has 84 valence electrons. The Balaban J connectivity index is 2.98. The van der Waals surface area contributed by atoms with Crippen LogP contribution in [-0.2, 0) is 6.42 Å². The van der Waals surface area contributed by atoms with Crippen molar-refractivity contribution in [3.63, 3.8) is 0 Å². The summed E-state index contributed by atoms with van der Waals surface area (Å²) in [5.74, 6) is 0. The van der Waals surface area contributed by atoms with Crippen LogP contribution in [0.2, 0.25) is 10.0 Å². The Morgan fingerprint density at radius 3 is 2.27 bits per heavy atom. The quantitative estimate of drug-likeness (QED) is 0.859. The molecule has 1 aromatic rings. The van der Waals surface area contributed by atoms with Crippen molar-refractivity contribution in [3.05, 3.63) is 33.8 Å². The van der Waals surface area contributed by atoms with Gasteiger partial charge in [0.25, 0.3) is 0 Å². The minimum atomic E-state index is -0.366. The Labute approximate surface area is 100.0 Å². The summed E-state index contributed by atoms with van der Waals surface area (Å²) in [4.78, 5) is 0. The van der Waals surface area contributed by atoms with E-state index in [4.69, 9.17) is 28.9 Å². The highest BCUT2D eigenvalue weighted by molar-refractivity contribution is 6.36. The van der Waals surface area contributed by atoms with Crippen LogP contribution in [0.4, 0.5) is 0 Å². The van der Waals surface area contributed by atoms with Crippen LogP contribution in [0.3, 0.4) is 0 Å². The highest BCUT2D eigenvalue weighted by atomic mass is 35.5. The van der Waals surface area contributed by atoms with Gasteiger partial charge in [0.1, 0.15) is 0 Å². The third kappa shape index (κ3) is 3.08. The number of aliphatic hydroxyl groups excluding tert-OH is 1. The van der Waals surface area contributed by atoms with Crippen molar-refractivity contribution in [2.45, 2.75) is 13.3 Å². The summed E-state index contributed by atoms with van der Waals surface area (Å²) in [6.45, 7) is 2.32. The summed E-state index contributed by atoms with van der Waals surface area (Å²) in [7, 11) is 0. The Morgan fingerprint density at radius 2 is 1.87 bits per heavy atom. The van der Waals surface area contributed by atoms with E-state index in [1.54, 1.807) is 18.2 Å². The van der Waals surface area contributed by atoms with Crippen LogP contribution in [0.5, 0.6) is 0 Å². The fourth-order valence-electron chi connectivity index (χ4n) is 1.32. The number of aliphatic hydroxyl groups is 1. The number of nitrogens with two attached hydrogens (primary N) is 1. The van der Waals surface area contributed by atoms with Crippen LogP contribution in [0.1, 0.15) is 12.5 Å². The fraction of sp³-hybridized carbons (Fsp3) is 0.455. The molecule has 0 saturated carbocycles. The molecule has 0 spiro atoms. The molecule has 4 heteroatoms.